The van der Waals surface area contributed by atoms with Crippen LogP contribution in [0.1, 0.15) is 22.8 Å². The van der Waals surface area contributed by atoms with Gasteiger partial charge in [-0.05, 0) is 41.9 Å². The molecule has 5 rings (SSSR count). The van der Waals surface area contributed by atoms with Crippen LogP contribution in [0.25, 0.3) is 11.3 Å². The first-order valence-electron chi connectivity index (χ1n) is 9.63. The van der Waals surface area contributed by atoms with Crippen molar-refractivity contribution >= 4 is 23.1 Å². The molecule has 0 aliphatic carbocycles. The smallest absolute Gasteiger partial charge is 0.231 e. The average molecular weight is 440 g/mol. The van der Waals surface area contributed by atoms with E-state index in [0.717, 1.165) is 33.1 Å². The Labute approximate surface area is 182 Å². The number of aromatic nitrogens is 1. The quantitative estimate of drug-likeness (QED) is 0.641. The highest BCUT2D eigenvalue weighted by Crippen LogP contribution is 2.55. The SMILES string of the molecule is COc1ccc(-c2nsc3c2NC(=O)C[C@@H]3c2cc(OC)c3c(c2OC)OCO3)cc1. The molecule has 0 fully saturated rings. The molecule has 0 spiro atoms. The average Bonchev–Trinajstić information content (AvgIpc) is 3.45. The third-order valence-electron chi connectivity index (χ3n) is 5.44. The molecule has 1 N–H and O–H groups in total. The maximum atomic E-state index is 12.7. The van der Waals surface area contributed by atoms with Crippen molar-refractivity contribution in [2.45, 2.75) is 12.3 Å². The van der Waals surface area contributed by atoms with Crippen LogP contribution in [0.5, 0.6) is 28.7 Å². The Balaban J connectivity index is 1.64. The largest absolute Gasteiger partial charge is 0.497 e. The Hall–Kier alpha value is -3.46. The number of methoxy groups -OCH3 is 3. The van der Waals surface area contributed by atoms with Crippen LogP contribution in [-0.2, 0) is 4.79 Å². The molecule has 1 atom stereocenters. The van der Waals surface area contributed by atoms with E-state index in [9.17, 15) is 4.79 Å². The summed E-state index contributed by atoms with van der Waals surface area (Å²) < 4.78 is 32.3. The molecule has 31 heavy (non-hydrogen) atoms. The second-order valence-electron chi connectivity index (χ2n) is 7.07. The summed E-state index contributed by atoms with van der Waals surface area (Å²) in [6.45, 7) is 0.0874. The molecule has 0 bridgehead atoms. The van der Waals surface area contributed by atoms with Gasteiger partial charge in [0.25, 0.3) is 0 Å². The summed E-state index contributed by atoms with van der Waals surface area (Å²) in [7, 11) is 4.77. The Kier molecular flexibility index (Phi) is 4.82. The van der Waals surface area contributed by atoms with E-state index >= 15 is 0 Å². The van der Waals surface area contributed by atoms with Gasteiger partial charge in [0.2, 0.25) is 24.2 Å². The minimum atomic E-state index is -0.258. The molecule has 0 saturated heterocycles. The summed E-state index contributed by atoms with van der Waals surface area (Å²) in [5.41, 5.74) is 3.14. The molecule has 0 unspecified atom stereocenters. The van der Waals surface area contributed by atoms with Gasteiger partial charge in [-0.3, -0.25) is 4.79 Å². The number of rotatable bonds is 5. The lowest BCUT2D eigenvalue weighted by Crippen LogP contribution is -2.23. The van der Waals surface area contributed by atoms with Gasteiger partial charge in [-0.15, -0.1) is 0 Å². The molecular weight excluding hydrogens is 420 g/mol. The van der Waals surface area contributed by atoms with Crippen molar-refractivity contribution in [1.29, 1.82) is 0 Å². The second-order valence-corrected chi connectivity index (χ2v) is 7.87. The third kappa shape index (κ3) is 3.12. The van der Waals surface area contributed by atoms with Crippen LogP contribution in [0.4, 0.5) is 5.69 Å². The van der Waals surface area contributed by atoms with Gasteiger partial charge < -0.3 is 29.0 Å². The van der Waals surface area contributed by atoms with Crippen molar-refractivity contribution in [3.05, 3.63) is 40.8 Å². The lowest BCUT2D eigenvalue weighted by Gasteiger charge is -2.25. The summed E-state index contributed by atoms with van der Waals surface area (Å²) in [4.78, 5) is 13.6. The number of hydrogen-bond acceptors (Lipinski definition) is 8. The van der Waals surface area contributed by atoms with Crippen LogP contribution in [0.15, 0.2) is 30.3 Å². The zero-order valence-corrected chi connectivity index (χ0v) is 18.0. The van der Waals surface area contributed by atoms with E-state index in [2.05, 4.69) is 9.69 Å². The van der Waals surface area contributed by atoms with Crippen LogP contribution in [-0.4, -0.2) is 38.4 Å². The van der Waals surface area contributed by atoms with Crippen molar-refractivity contribution in [2.75, 3.05) is 33.4 Å². The molecule has 1 amide bonds. The van der Waals surface area contributed by atoms with Crippen molar-refractivity contribution in [2.24, 2.45) is 0 Å². The van der Waals surface area contributed by atoms with Crippen LogP contribution >= 0.6 is 11.5 Å². The van der Waals surface area contributed by atoms with Crippen LogP contribution < -0.4 is 29.0 Å². The molecule has 2 aliphatic heterocycles. The van der Waals surface area contributed by atoms with Gasteiger partial charge in [0.15, 0.2) is 11.5 Å². The number of benzene rings is 2. The van der Waals surface area contributed by atoms with Crippen molar-refractivity contribution in [1.82, 2.24) is 4.37 Å². The van der Waals surface area contributed by atoms with Crippen LogP contribution in [0.3, 0.4) is 0 Å². The standard InChI is InChI=1S/C22H20N2O6S/c1-26-12-6-4-11(5-7-12)17-18-22(31-24-17)14(9-16(25)23-18)13-8-15(27-2)20-21(19(13)28-3)30-10-29-20/h4-8,14H,9-10H2,1-3H3,(H,23,25)/t14-/m1/s1. The number of nitrogens with one attached hydrogen (secondary N) is 1. The fourth-order valence-electron chi connectivity index (χ4n) is 3.98. The fourth-order valence-corrected chi connectivity index (χ4v) is 4.94. The number of ether oxygens (including phenoxy) is 5. The lowest BCUT2D eigenvalue weighted by molar-refractivity contribution is -0.116. The number of hydrogen-bond donors (Lipinski definition) is 1. The highest BCUT2D eigenvalue weighted by molar-refractivity contribution is 7.07. The Bertz CT molecular complexity index is 1160. The zero-order chi connectivity index (χ0) is 21.5. The highest BCUT2D eigenvalue weighted by Gasteiger charge is 2.37. The zero-order valence-electron chi connectivity index (χ0n) is 17.2. The molecule has 160 valence electrons. The number of amides is 1. The first-order chi connectivity index (χ1) is 15.1. The van der Waals surface area contributed by atoms with E-state index in [1.165, 1.54) is 11.5 Å². The van der Waals surface area contributed by atoms with E-state index in [1.54, 1.807) is 21.3 Å². The Morgan fingerprint density at radius 1 is 1.06 bits per heavy atom. The predicted molar refractivity (Wildman–Crippen MR) is 115 cm³/mol. The number of fused-ring (bicyclic) bond motifs is 2. The minimum absolute atomic E-state index is 0.0874. The Morgan fingerprint density at radius 2 is 1.84 bits per heavy atom. The van der Waals surface area contributed by atoms with Gasteiger partial charge >= 0.3 is 0 Å². The van der Waals surface area contributed by atoms with Crippen molar-refractivity contribution in [3.8, 4) is 40.0 Å². The molecular formula is C22H20N2O6S. The monoisotopic (exact) mass is 440 g/mol. The van der Waals surface area contributed by atoms with E-state index < -0.39 is 0 Å². The fraction of sp³-hybridized carbons (Fsp3) is 0.273. The molecule has 3 aromatic rings. The summed E-state index contributed by atoms with van der Waals surface area (Å²) in [5.74, 6) is 2.48. The molecule has 9 heteroatoms. The maximum Gasteiger partial charge on any atom is 0.231 e. The van der Waals surface area contributed by atoms with Crippen LogP contribution in [0.2, 0.25) is 0 Å². The van der Waals surface area contributed by atoms with Gasteiger partial charge in [-0.1, -0.05) is 0 Å². The molecule has 0 radical (unpaired) electrons. The van der Waals surface area contributed by atoms with E-state index in [1.807, 2.05) is 30.3 Å². The molecule has 2 aliphatic rings. The van der Waals surface area contributed by atoms with Crippen LogP contribution in [0, 0.1) is 0 Å². The van der Waals surface area contributed by atoms with E-state index in [4.69, 9.17) is 23.7 Å². The second kappa shape index (κ2) is 7.66. The Morgan fingerprint density at radius 3 is 2.55 bits per heavy atom. The maximum absolute atomic E-state index is 12.7. The first-order valence-corrected chi connectivity index (χ1v) is 10.4. The van der Waals surface area contributed by atoms with Gasteiger partial charge in [-0.25, -0.2) is 0 Å². The van der Waals surface area contributed by atoms with Crippen molar-refractivity contribution in [3.63, 3.8) is 0 Å². The molecule has 0 saturated carbocycles. The topological polar surface area (TPSA) is 88.1 Å². The normalized spacial score (nSPS) is 16.5. The van der Waals surface area contributed by atoms with Gasteiger partial charge in [-0.2, -0.15) is 4.37 Å². The number of carbonyl (C=O) groups excluding carboxylic acids is 1. The van der Waals surface area contributed by atoms with Gasteiger partial charge in [0.1, 0.15) is 11.4 Å². The van der Waals surface area contributed by atoms with E-state index in [0.29, 0.717) is 23.0 Å². The summed E-state index contributed by atoms with van der Waals surface area (Å²) in [5, 5.41) is 3.00. The van der Waals surface area contributed by atoms with Crippen molar-refractivity contribution < 1.29 is 28.5 Å². The van der Waals surface area contributed by atoms with E-state index in [-0.39, 0.29) is 25.0 Å². The number of carbonyl (C=O) groups is 1. The number of anilines is 1. The first kappa shape index (κ1) is 19.5. The highest BCUT2D eigenvalue weighted by atomic mass is 32.1. The van der Waals surface area contributed by atoms with Gasteiger partial charge in [0, 0.05) is 23.5 Å². The lowest BCUT2D eigenvalue weighted by atomic mass is 9.88. The summed E-state index contributed by atoms with van der Waals surface area (Å²) in [6.07, 6.45) is 0.260. The minimum Gasteiger partial charge on any atom is -0.497 e. The number of nitrogens with zero attached hydrogens (tertiary/aromatic N) is 1. The molecule has 8 nitrogen and oxygen atoms in total. The summed E-state index contributed by atoms with van der Waals surface area (Å²) >= 11 is 1.36. The third-order valence-corrected chi connectivity index (χ3v) is 6.40. The van der Waals surface area contributed by atoms with Gasteiger partial charge in [0.05, 0.1) is 31.9 Å². The summed E-state index contributed by atoms with van der Waals surface area (Å²) in [6, 6.07) is 9.44. The molecule has 1 aromatic heterocycles. The molecule has 2 aromatic carbocycles. The predicted octanol–water partition coefficient (Wildman–Crippen LogP) is 4.04. The molecule has 3 heterocycles.